The van der Waals surface area contributed by atoms with Crippen molar-refractivity contribution < 1.29 is 13.9 Å². The van der Waals surface area contributed by atoms with Crippen LogP contribution in [0.5, 0.6) is 5.75 Å². The standard InChI is InChI=1S/C19H17N5O3S2/c1-2-26-13-7-8-14-15(9-13)29-18(21-14)22-16(25)10-28-19-24-23-17(27-19)11-3-5-12(20)6-4-11/h3-9H,2,10,20H2,1H3,(H,21,22,25). The van der Waals surface area contributed by atoms with Crippen LogP contribution in [0.3, 0.4) is 0 Å². The summed E-state index contributed by atoms with van der Waals surface area (Å²) in [5.41, 5.74) is 7.91. The van der Waals surface area contributed by atoms with Gasteiger partial charge in [0, 0.05) is 11.3 Å². The van der Waals surface area contributed by atoms with Gasteiger partial charge in [0.1, 0.15) is 5.75 Å². The zero-order valence-electron chi connectivity index (χ0n) is 15.4. The van der Waals surface area contributed by atoms with E-state index >= 15 is 0 Å². The minimum absolute atomic E-state index is 0.128. The Labute approximate surface area is 174 Å². The number of rotatable bonds is 7. The lowest BCUT2D eigenvalue weighted by Gasteiger charge is -2.00. The van der Waals surface area contributed by atoms with Crippen molar-refractivity contribution >= 4 is 50.0 Å². The fourth-order valence-corrected chi connectivity index (χ4v) is 3.98. The molecule has 0 aliphatic carbocycles. The predicted molar refractivity (Wildman–Crippen MR) is 114 cm³/mol. The van der Waals surface area contributed by atoms with Gasteiger partial charge in [-0.15, -0.1) is 10.2 Å². The zero-order valence-corrected chi connectivity index (χ0v) is 17.0. The van der Waals surface area contributed by atoms with Crippen molar-refractivity contribution in [2.75, 3.05) is 23.4 Å². The van der Waals surface area contributed by atoms with E-state index in [0.717, 1.165) is 33.3 Å². The van der Waals surface area contributed by atoms with Crippen molar-refractivity contribution in [3.05, 3.63) is 42.5 Å². The van der Waals surface area contributed by atoms with Crippen LogP contribution < -0.4 is 15.8 Å². The molecular weight excluding hydrogens is 410 g/mol. The predicted octanol–water partition coefficient (Wildman–Crippen LogP) is 4.06. The summed E-state index contributed by atoms with van der Waals surface area (Å²) in [6, 6.07) is 12.8. The van der Waals surface area contributed by atoms with Crippen LogP contribution in [-0.2, 0) is 4.79 Å². The summed E-state index contributed by atoms with van der Waals surface area (Å²) in [6.07, 6.45) is 0. The Morgan fingerprint density at radius 3 is 2.86 bits per heavy atom. The molecule has 10 heteroatoms. The highest BCUT2D eigenvalue weighted by molar-refractivity contribution is 7.99. The Balaban J connectivity index is 1.35. The van der Waals surface area contributed by atoms with E-state index in [1.165, 1.54) is 11.3 Å². The van der Waals surface area contributed by atoms with Crippen LogP contribution in [0.4, 0.5) is 10.8 Å². The molecule has 2 aromatic heterocycles. The normalized spacial score (nSPS) is 10.9. The molecule has 0 unspecified atom stereocenters. The first-order valence-electron chi connectivity index (χ1n) is 8.76. The Hall–Kier alpha value is -3.11. The molecule has 0 fully saturated rings. The molecule has 0 atom stereocenters. The van der Waals surface area contributed by atoms with Gasteiger partial charge in [-0.1, -0.05) is 23.1 Å². The van der Waals surface area contributed by atoms with Crippen LogP contribution >= 0.6 is 23.1 Å². The molecule has 0 saturated heterocycles. The van der Waals surface area contributed by atoms with E-state index in [4.69, 9.17) is 14.9 Å². The highest BCUT2D eigenvalue weighted by atomic mass is 32.2. The number of aromatic nitrogens is 3. The highest BCUT2D eigenvalue weighted by Gasteiger charge is 2.13. The number of nitrogens with one attached hydrogen (secondary N) is 1. The molecule has 0 radical (unpaired) electrons. The van der Waals surface area contributed by atoms with Crippen LogP contribution in [-0.4, -0.2) is 33.4 Å². The van der Waals surface area contributed by atoms with E-state index in [2.05, 4.69) is 20.5 Å². The minimum Gasteiger partial charge on any atom is -0.494 e. The molecule has 3 N–H and O–H groups in total. The first kappa shape index (κ1) is 19.2. The number of nitrogens with two attached hydrogens (primary N) is 1. The van der Waals surface area contributed by atoms with Gasteiger partial charge in [0.05, 0.1) is 22.6 Å². The molecule has 0 aliphatic rings. The van der Waals surface area contributed by atoms with Crippen LogP contribution in [0.15, 0.2) is 52.1 Å². The second-order valence-corrected chi connectivity index (χ2v) is 7.87. The van der Waals surface area contributed by atoms with Crippen molar-refractivity contribution in [2.45, 2.75) is 12.1 Å². The van der Waals surface area contributed by atoms with E-state index in [-0.39, 0.29) is 11.7 Å². The molecule has 148 valence electrons. The third kappa shape index (κ3) is 4.66. The zero-order chi connectivity index (χ0) is 20.2. The van der Waals surface area contributed by atoms with Crippen molar-refractivity contribution in [1.29, 1.82) is 0 Å². The first-order valence-corrected chi connectivity index (χ1v) is 10.6. The van der Waals surface area contributed by atoms with Gasteiger partial charge in [-0.3, -0.25) is 4.79 Å². The van der Waals surface area contributed by atoms with Crippen LogP contribution in [0.1, 0.15) is 6.92 Å². The molecule has 8 nitrogen and oxygen atoms in total. The fraction of sp³-hybridized carbons (Fsp3) is 0.158. The average molecular weight is 428 g/mol. The molecule has 0 spiro atoms. The van der Waals surface area contributed by atoms with Crippen molar-refractivity contribution in [3.63, 3.8) is 0 Å². The maximum atomic E-state index is 12.3. The smallest absolute Gasteiger partial charge is 0.277 e. The SMILES string of the molecule is CCOc1ccc2nc(NC(=O)CSc3nnc(-c4ccc(N)cc4)o3)sc2c1. The third-order valence-electron chi connectivity index (χ3n) is 3.81. The first-order chi connectivity index (χ1) is 14.1. The summed E-state index contributed by atoms with van der Waals surface area (Å²) in [7, 11) is 0. The Morgan fingerprint density at radius 1 is 1.24 bits per heavy atom. The number of hydrogen-bond acceptors (Lipinski definition) is 9. The fourth-order valence-electron chi connectivity index (χ4n) is 2.51. The molecule has 29 heavy (non-hydrogen) atoms. The summed E-state index contributed by atoms with van der Waals surface area (Å²) in [5.74, 6) is 1.09. The van der Waals surface area contributed by atoms with E-state index in [1.54, 1.807) is 24.3 Å². The van der Waals surface area contributed by atoms with E-state index < -0.39 is 0 Å². The van der Waals surface area contributed by atoms with E-state index in [1.807, 2.05) is 25.1 Å². The van der Waals surface area contributed by atoms with Crippen molar-refractivity contribution in [2.24, 2.45) is 0 Å². The molecule has 0 saturated carbocycles. The van der Waals surface area contributed by atoms with Gasteiger partial charge in [-0.25, -0.2) is 4.98 Å². The molecule has 1 amide bonds. The summed E-state index contributed by atoms with van der Waals surface area (Å²) >= 11 is 2.56. The minimum atomic E-state index is -0.202. The number of ether oxygens (including phenoxy) is 1. The van der Waals surface area contributed by atoms with Gasteiger partial charge >= 0.3 is 0 Å². The van der Waals surface area contributed by atoms with E-state index in [0.29, 0.717) is 28.5 Å². The number of hydrogen-bond donors (Lipinski definition) is 2. The summed E-state index contributed by atoms with van der Waals surface area (Å²) in [5, 5.41) is 11.6. The van der Waals surface area contributed by atoms with Crippen LogP contribution in [0.2, 0.25) is 0 Å². The molecule has 2 heterocycles. The van der Waals surface area contributed by atoms with Gasteiger partial charge in [-0.2, -0.15) is 0 Å². The maximum Gasteiger partial charge on any atom is 0.277 e. The molecule has 4 rings (SSSR count). The quantitative estimate of drug-likeness (QED) is 0.335. The number of carbonyl (C=O) groups excluding carboxylic acids is 1. The topological polar surface area (TPSA) is 116 Å². The number of amides is 1. The van der Waals surface area contributed by atoms with Crippen LogP contribution in [0, 0.1) is 0 Å². The summed E-state index contributed by atoms with van der Waals surface area (Å²) in [4.78, 5) is 16.7. The number of nitrogen functional groups attached to an aromatic ring is 1. The largest absolute Gasteiger partial charge is 0.494 e. The number of nitrogens with zero attached hydrogens (tertiary/aromatic N) is 3. The molecular formula is C19H17N5O3S2. The number of benzene rings is 2. The monoisotopic (exact) mass is 427 g/mol. The Morgan fingerprint density at radius 2 is 2.07 bits per heavy atom. The molecule has 4 aromatic rings. The number of fused-ring (bicyclic) bond motifs is 1. The second kappa shape index (κ2) is 8.50. The Kier molecular flexibility index (Phi) is 5.63. The summed E-state index contributed by atoms with van der Waals surface area (Å²) < 4.78 is 12.0. The van der Waals surface area contributed by atoms with Crippen molar-refractivity contribution in [3.8, 4) is 17.2 Å². The lowest BCUT2D eigenvalue weighted by Crippen LogP contribution is -2.13. The number of thioether (sulfide) groups is 1. The average Bonchev–Trinajstić information content (AvgIpc) is 3.33. The Bertz CT molecular complexity index is 1140. The number of carbonyl (C=O) groups is 1. The highest BCUT2D eigenvalue weighted by Crippen LogP contribution is 2.30. The van der Waals surface area contributed by atoms with Crippen molar-refractivity contribution in [1.82, 2.24) is 15.2 Å². The summed E-state index contributed by atoms with van der Waals surface area (Å²) in [6.45, 7) is 2.53. The molecule has 0 bridgehead atoms. The second-order valence-electron chi connectivity index (χ2n) is 5.91. The maximum absolute atomic E-state index is 12.3. The van der Waals surface area contributed by atoms with E-state index in [9.17, 15) is 4.79 Å². The number of thiazole rings is 1. The van der Waals surface area contributed by atoms with Gasteiger partial charge < -0.3 is 20.2 Å². The molecule has 0 aliphatic heterocycles. The van der Waals surface area contributed by atoms with Gasteiger partial charge in [-0.05, 0) is 49.4 Å². The van der Waals surface area contributed by atoms with Gasteiger partial charge in [0.2, 0.25) is 11.8 Å². The molecule has 2 aromatic carbocycles. The number of anilines is 2. The van der Waals surface area contributed by atoms with Crippen LogP contribution in [0.25, 0.3) is 21.7 Å². The third-order valence-corrected chi connectivity index (χ3v) is 5.56. The lowest BCUT2D eigenvalue weighted by molar-refractivity contribution is -0.113. The van der Waals surface area contributed by atoms with Gasteiger partial charge in [0.25, 0.3) is 5.22 Å². The lowest BCUT2D eigenvalue weighted by atomic mass is 10.2. The van der Waals surface area contributed by atoms with Gasteiger partial charge in [0.15, 0.2) is 5.13 Å².